The van der Waals surface area contributed by atoms with Gasteiger partial charge in [-0.15, -0.1) is 0 Å². The van der Waals surface area contributed by atoms with Crippen LogP contribution in [0.3, 0.4) is 0 Å². The molecule has 0 unspecified atom stereocenters. The molecule has 7 atom stereocenters. The number of hydrogen-bond acceptors (Lipinski definition) is 17. The highest BCUT2D eigenvalue weighted by molar-refractivity contribution is 7.86. The van der Waals surface area contributed by atoms with Gasteiger partial charge in [-0.1, -0.05) is 60.9 Å². The van der Waals surface area contributed by atoms with Gasteiger partial charge in [0.05, 0.1) is 36.6 Å². The van der Waals surface area contributed by atoms with Crippen molar-refractivity contribution in [2.45, 2.75) is 113 Å². The van der Waals surface area contributed by atoms with Gasteiger partial charge in [-0.2, -0.15) is 13.5 Å². The van der Waals surface area contributed by atoms with E-state index in [1.807, 2.05) is 13.0 Å². The molecule has 4 bridgehead atoms. The monoisotopic (exact) mass is 1160 g/mol. The molecule has 7 rings (SSSR count). The second-order valence-electron chi connectivity index (χ2n) is 20.5. The van der Waals surface area contributed by atoms with Gasteiger partial charge in [-0.3, -0.25) is 43.5 Å². The number of epoxide rings is 1. The van der Waals surface area contributed by atoms with Gasteiger partial charge in [-0.05, 0) is 93.6 Å². The standard InChI is InChI=1S/C56H66ClN7O16S/c1-32-13-12-14-44(77-8)56(72)30-42(78-54(71)59-56)33(2)52-55(4,80-52)45(29-49(68)63(6)40-26-35(25-32)27-41(76-7)51(40)57)79-50(69)31-62(5)38-19-16-36(17-20-38)34(3)60-61-53(70)39-21-18-37(28-43(39)81(73,74)75)58-46(65)15-10-9-11-24-64-47(66)22-23-48(64)67/h12-14,16-23,26-28,33,42,44-45,52,72H,9-11,15,24-25,29-31H2,1-8H3,(H,58,65)(H,59,71)(H,61,70)(H,73,74,75)/b14-12+,32-13+,60-34+/t33-,42+,44-,45+,52+,55+,56+/m1/s1. The number of methoxy groups -OCH3 is 2. The van der Waals surface area contributed by atoms with Crippen molar-refractivity contribution in [3.8, 4) is 5.75 Å². The average Bonchev–Trinajstić information content (AvgIpc) is 4.02. The van der Waals surface area contributed by atoms with Crippen LogP contribution in [-0.4, -0.2) is 147 Å². The topological polar surface area (TPSA) is 302 Å². The number of alkyl carbamates (subject to hydrolysis) is 1. The molecule has 0 aromatic heterocycles. The molecular formula is C56H66ClN7O16S. The molecule has 434 valence electrons. The van der Waals surface area contributed by atoms with Gasteiger partial charge in [0.25, 0.3) is 27.8 Å². The van der Waals surface area contributed by atoms with E-state index < -0.39 is 104 Å². The number of hydrazone groups is 1. The number of carbonyl (C=O) groups excluding carboxylic acids is 7. The largest absolute Gasteiger partial charge is 0.495 e. The highest BCUT2D eigenvalue weighted by Gasteiger charge is 2.64. The molecule has 5 N–H and O–H groups in total. The molecule has 81 heavy (non-hydrogen) atoms. The zero-order valence-corrected chi connectivity index (χ0v) is 47.6. The number of fused-ring (bicyclic) bond motifs is 5. The number of anilines is 3. The molecule has 4 heterocycles. The Morgan fingerprint density at radius 1 is 1.01 bits per heavy atom. The molecular weight excluding hydrogens is 1090 g/mol. The summed E-state index contributed by atoms with van der Waals surface area (Å²) in [6, 6.07) is 13.6. The number of halogens is 1. The maximum absolute atomic E-state index is 14.4. The van der Waals surface area contributed by atoms with Crippen molar-refractivity contribution in [3.63, 3.8) is 0 Å². The van der Waals surface area contributed by atoms with Crippen LogP contribution in [0.25, 0.3) is 0 Å². The van der Waals surface area contributed by atoms with Crippen LogP contribution in [0.1, 0.15) is 87.7 Å². The number of likely N-dealkylation sites (N-methyl/N-ethyl adjacent to an activating group) is 1. The number of carbonyl (C=O) groups is 7. The minimum absolute atomic E-state index is 0.00122. The lowest BCUT2D eigenvalue weighted by molar-refractivity contribution is -0.152. The molecule has 0 spiro atoms. The van der Waals surface area contributed by atoms with E-state index in [4.69, 9.17) is 35.3 Å². The van der Waals surface area contributed by atoms with Crippen LogP contribution in [-0.2, 0) is 59.5 Å². The Bertz CT molecular complexity index is 3190. The first kappa shape index (κ1) is 61.1. The van der Waals surface area contributed by atoms with Gasteiger partial charge in [-0.25, -0.2) is 10.2 Å². The first-order valence-electron chi connectivity index (χ1n) is 25.9. The van der Waals surface area contributed by atoms with Crippen molar-refractivity contribution < 1.29 is 75.3 Å². The fourth-order valence-electron chi connectivity index (χ4n) is 9.91. The highest BCUT2D eigenvalue weighted by atomic mass is 35.5. The number of aliphatic hydroxyl groups is 1. The van der Waals surface area contributed by atoms with Crippen molar-refractivity contribution in [1.29, 1.82) is 0 Å². The number of benzene rings is 3. The zero-order chi connectivity index (χ0) is 59.1. The Kier molecular flexibility index (Phi) is 19.3. The summed E-state index contributed by atoms with van der Waals surface area (Å²) in [7, 11) is 1.10. The van der Waals surface area contributed by atoms with Gasteiger partial charge < -0.3 is 43.9 Å². The molecule has 23 nitrogen and oxygen atoms in total. The van der Waals surface area contributed by atoms with Gasteiger partial charge in [0.1, 0.15) is 46.1 Å². The Balaban J connectivity index is 1.01. The highest BCUT2D eigenvalue weighted by Crippen LogP contribution is 2.49. The third-order valence-electron chi connectivity index (χ3n) is 14.6. The van der Waals surface area contributed by atoms with E-state index in [9.17, 15) is 51.6 Å². The second kappa shape index (κ2) is 25.5. The summed E-state index contributed by atoms with van der Waals surface area (Å²) >= 11 is 6.82. The Labute approximate surface area is 474 Å². The number of esters is 1. The fourth-order valence-corrected chi connectivity index (χ4v) is 10.9. The molecule has 6 amide bonds. The molecule has 0 aliphatic carbocycles. The number of imide groups is 1. The lowest BCUT2D eigenvalue weighted by Gasteiger charge is -2.42. The van der Waals surface area contributed by atoms with Crippen LogP contribution in [0.15, 0.2) is 101 Å². The normalized spacial score (nSPS) is 25.2. The van der Waals surface area contributed by atoms with E-state index in [1.165, 1.54) is 37.3 Å². The molecule has 0 radical (unpaired) electrons. The summed E-state index contributed by atoms with van der Waals surface area (Å²) in [5, 5.41) is 21.2. The second-order valence-corrected chi connectivity index (χ2v) is 22.3. The number of nitrogens with one attached hydrogen (secondary N) is 3. The van der Waals surface area contributed by atoms with Crippen LogP contribution < -0.4 is 30.6 Å². The summed E-state index contributed by atoms with van der Waals surface area (Å²) < 4.78 is 64.3. The number of ether oxygens (including phenoxy) is 5. The summed E-state index contributed by atoms with van der Waals surface area (Å²) in [4.78, 5) is 94.1. The molecule has 0 saturated carbocycles. The van der Waals surface area contributed by atoms with Gasteiger partial charge >= 0.3 is 12.1 Å². The van der Waals surface area contributed by atoms with Crippen molar-refractivity contribution >= 4 is 86.1 Å². The van der Waals surface area contributed by atoms with Crippen LogP contribution in [0.5, 0.6) is 5.75 Å². The number of nitrogens with zero attached hydrogens (tertiary/aromatic N) is 4. The van der Waals surface area contributed by atoms with Crippen molar-refractivity contribution in [2.75, 3.05) is 56.5 Å². The maximum atomic E-state index is 14.4. The average molecular weight is 1160 g/mol. The summed E-state index contributed by atoms with van der Waals surface area (Å²) in [6.45, 7) is 6.86. The van der Waals surface area contributed by atoms with E-state index in [1.54, 1.807) is 88.3 Å². The smallest absolute Gasteiger partial charge is 0.409 e. The molecule has 3 aromatic rings. The molecule has 4 aliphatic heterocycles. The summed E-state index contributed by atoms with van der Waals surface area (Å²) in [5.74, 6) is -3.69. The van der Waals surface area contributed by atoms with Crippen LogP contribution in [0, 0.1) is 5.92 Å². The zero-order valence-electron chi connectivity index (χ0n) is 46.0. The first-order valence-corrected chi connectivity index (χ1v) is 27.8. The predicted molar refractivity (Wildman–Crippen MR) is 297 cm³/mol. The molecule has 2 saturated heterocycles. The van der Waals surface area contributed by atoms with Crippen LogP contribution >= 0.6 is 11.6 Å². The van der Waals surface area contributed by atoms with E-state index in [0.717, 1.165) is 28.2 Å². The lowest BCUT2D eigenvalue weighted by atomic mass is 9.83. The number of allylic oxidation sites excluding steroid dienone is 3. The van der Waals surface area contributed by atoms with Crippen molar-refractivity contribution in [1.82, 2.24) is 15.6 Å². The van der Waals surface area contributed by atoms with E-state index in [0.29, 0.717) is 54.1 Å². The Morgan fingerprint density at radius 2 is 1.72 bits per heavy atom. The Morgan fingerprint density at radius 3 is 2.38 bits per heavy atom. The van der Waals surface area contributed by atoms with Crippen LogP contribution in [0.4, 0.5) is 21.9 Å². The summed E-state index contributed by atoms with van der Waals surface area (Å²) in [5.41, 5.74) is 2.06. The predicted octanol–water partition coefficient (Wildman–Crippen LogP) is 5.63. The summed E-state index contributed by atoms with van der Waals surface area (Å²) in [6.07, 6.45) is 4.29. The number of amides is 6. The first-order chi connectivity index (χ1) is 38.2. The van der Waals surface area contributed by atoms with Gasteiger partial charge in [0.2, 0.25) is 11.8 Å². The van der Waals surface area contributed by atoms with E-state index >= 15 is 0 Å². The van der Waals surface area contributed by atoms with E-state index in [2.05, 4.69) is 21.2 Å². The SMILES string of the molecule is COc1cc2cc(c1Cl)N(C)C(=O)C[C@H](OC(=O)CN(C)c1ccc(/C(C)=N/NC(=O)c3ccc(NC(=O)CCCCCN4C(=O)C=CC4=O)cc3S(=O)(=O)O)cc1)[C@]1(C)O[C@H]1[C@H](C)[C@@H]1C[C@@](O)(NC(=O)O1)[C@H](OC)/C=C/C=C(\C)C2. The third kappa shape index (κ3) is 14.7. The van der Waals surface area contributed by atoms with Crippen LogP contribution in [0.2, 0.25) is 5.02 Å². The van der Waals surface area contributed by atoms with E-state index in [-0.39, 0.29) is 43.1 Å². The lowest BCUT2D eigenvalue weighted by Crippen LogP contribution is -2.63. The fraction of sp³-hybridized carbons (Fsp3) is 0.429. The third-order valence-corrected chi connectivity index (χ3v) is 15.9. The van der Waals surface area contributed by atoms with Gasteiger partial charge in [0.15, 0.2) is 5.72 Å². The molecule has 2 fully saturated rings. The number of hydrogen-bond donors (Lipinski definition) is 5. The van der Waals surface area contributed by atoms with Crippen molar-refractivity contribution in [3.05, 3.63) is 112 Å². The Hall–Kier alpha value is -7.48. The quantitative estimate of drug-likeness (QED) is 0.0208. The number of unbranched alkanes of at least 4 members (excludes halogenated alkanes) is 2. The maximum Gasteiger partial charge on any atom is 0.409 e. The molecule has 3 aromatic carbocycles. The van der Waals surface area contributed by atoms with Crippen molar-refractivity contribution in [2.24, 2.45) is 11.0 Å². The molecule has 25 heteroatoms. The minimum Gasteiger partial charge on any atom is -0.495 e. The number of rotatable bonds is 17. The van der Waals surface area contributed by atoms with Gasteiger partial charge in [0, 0.05) is 70.0 Å². The molecule has 4 aliphatic rings. The minimum atomic E-state index is -4.97.